The van der Waals surface area contributed by atoms with Gasteiger partial charge in [-0.2, -0.15) is 5.26 Å². The van der Waals surface area contributed by atoms with Crippen LogP contribution >= 0.6 is 0 Å². The van der Waals surface area contributed by atoms with Crippen LogP contribution in [0.5, 0.6) is 11.5 Å². The van der Waals surface area contributed by atoms with Crippen LogP contribution in [-0.2, 0) is 6.42 Å². The van der Waals surface area contributed by atoms with Gasteiger partial charge in [0.1, 0.15) is 0 Å². The average molecular weight is 311 g/mol. The smallest absolute Gasteiger partial charge is 0.335 e. The Balaban J connectivity index is 2.22. The first-order chi connectivity index (χ1) is 11.1. The molecule has 1 N–H and O–H groups in total. The zero-order valence-corrected chi connectivity index (χ0v) is 12.9. The number of nitriles is 1. The van der Waals surface area contributed by atoms with Crippen molar-refractivity contribution in [1.82, 2.24) is 0 Å². The Labute approximate surface area is 134 Å². The number of nitrogens with zero attached hydrogens (tertiary/aromatic N) is 1. The van der Waals surface area contributed by atoms with Crippen molar-refractivity contribution in [2.24, 2.45) is 0 Å². The molecule has 118 valence electrons. The molecule has 2 aromatic rings. The summed E-state index contributed by atoms with van der Waals surface area (Å²) in [5, 5.41) is 18.3. The molecule has 0 aromatic heterocycles. The highest BCUT2D eigenvalue weighted by Crippen LogP contribution is 2.30. The van der Waals surface area contributed by atoms with Gasteiger partial charge in [0.15, 0.2) is 11.5 Å². The van der Waals surface area contributed by atoms with Gasteiger partial charge in [-0.15, -0.1) is 0 Å². The lowest BCUT2D eigenvalue weighted by Gasteiger charge is -2.13. The van der Waals surface area contributed by atoms with Gasteiger partial charge in [0.25, 0.3) is 0 Å². The van der Waals surface area contributed by atoms with Crippen LogP contribution in [0.1, 0.15) is 27.4 Å². The minimum absolute atomic E-state index is 0.205. The van der Waals surface area contributed by atoms with Crippen LogP contribution in [0.2, 0.25) is 0 Å². The van der Waals surface area contributed by atoms with E-state index >= 15 is 0 Å². The van der Waals surface area contributed by atoms with Crippen molar-refractivity contribution in [3.8, 4) is 17.6 Å². The first kappa shape index (κ1) is 16.4. The highest BCUT2D eigenvalue weighted by atomic mass is 16.5. The molecule has 2 rings (SSSR count). The number of benzene rings is 2. The van der Waals surface area contributed by atoms with Crippen molar-refractivity contribution in [3.05, 3.63) is 59.2 Å². The quantitative estimate of drug-likeness (QED) is 0.885. The molecule has 0 amide bonds. The minimum Gasteiger partial charge on any atom is -0.493 e. The van der Waals surface area contributed by atoms with Gasteiger partial charge in [0, 0.05) is 0 Å². The Morgan fingerprint density at radius 2 is 1.78 bits per heavy atom. The van der Waals surface area contributed by atoms with Gasteiger partial charge in [0.05, 0.1) is 31.8 Å². The van der Waals surface area contributed by atoms with E-state index in [0.717, 1.165) is 11.1 Å². The largest absolute Gasteiger partial charge is 0.493 e. The van der Waals surface area contributed by atoms with Gasteiger partial charge in [0.2, 0.25) is 0 Å². The Morgan fingerprint density at radius 1 is 1.13 bits per heavy atom. The van der Waals surface area contributed by atoms with Crippen molar-refractivity contribution >= 4 is 5.97 Å². The summed E-state index contributed by atoms with van der Waals surface area (Å²) >= 11 is 0. The van der Waals surface area contributed by atoms with Crippen LogP contribution in [-0.4, -0.2) is 25.3 Å². The van der Waals surface area contributed by atoms with Crippen LogP contribution in [0, 0.1) is 11.3 Å². The number of rotatable bonds is 6. The maximum atomic E-state index is 10.9. The second-order valence-electron chi connectivity index (χ2n) is 5.00. The Hall–Kier alpha value is -3.00. The van der Waals surface area contributed by atoms with Crippen LogP contribution in [0.15, 0.2) is 42.5 Å². The van der Waals surface area contributed by atoms with E-state index in [2.05, 4.69) is 6.07 Å². The first-order valence-corrected chi connectivity index (χ1v) is 7.02. The number of carboxylic acids is 1. The van der Waals surface area contributed by atoms with E-state index < -0.39 is 5.97 Å². The molecule has 1 unspecified atom stereocenters. The molecule has 0 aliphatic rings. The van der Waals surface area contributed by atoms with E-state index in [1.54, 1.807) is 32.4 Å². The molecular formula is C18H17NO4. The fourth-order valence-electron chi connectivity index (χ4n) is 2.34. The second kappa shape index (κ2) is 7.32. The third-order valence-corrected chi connectivity index (χ3v) is 3.60. The van der Waals surface area contributed by atoms with Gasteiger partial charge in [-0.3, -0.25) is 0 Å². The van der Waals surface area contributed by atoms with Crippen LogP contribution in [0.4, 0.5) is 0 Å². The molecule has 0 saturated carbocycles. The molecule has 0 aliphatic carbocycles. The lowest BCUT2D eigenvalue weighted by molar-refractivity contribution is 0.0697. The van der Waals surface area contributed by atoms with Crippen LogP contribution < -0.4 is 9.47 Å². The Morgan fingerprint density at radius 3 is 2.30 bits per heavy atom. The summed E-state index contributed by atoms with van der Waals surface area (Å²) in [6.45, 7) is 0. The van der Waals surface area contributed by atoms with Crippen molar-refractivity contribution in [2.75, 3.05) is 14.2 Å². The number of hydrogen-bond acceptors (Lipinski definition) is 4. The highest BCUT2D eigenvalue weighted by Gasteiger charge is 2.14. The molecule has 0 spiro atoms. The number of carbonyl (C=O) groups is 1. The van der Waals surface area contributed by atoms with Gasteiger partial charge in [-0.1, -0.05) is 18.2 Å². The molecule has 5 heteroatoms. The lowest BCUT2D eigenvalue weighted by Crippen LogP contribution is -2.03. The molecular weight excluding hydrogens is 294 g/mol. The summed E-state index contributed by atoms with van der Waals surface area (Å²) in [5.41, 5.74) is 1.93. The summed E-state index contributed by atoms with van der Waals surface area (Å²) in [5.74, 6) is -0.0978. The Kier molecular flexibility index (Phi) is 5.21. The maximum Gasteiger partial charge on any atom is 0.335 e. The zero-order chi connectivity index (χ0) is 16.8. The molecule has 0 radical (unpaired) electrons. The normalized spacial score (nSPS) is 11.3. The molecule has 0 bridgehead atoms. The van der Waals surface area contributed by atoms with Crippen molar-refractivity contribution < 1.29 is 19.4 Å². The second-order valence-corrected chi connectivity index (χ2v) is 5.00. The van der Waals surface area contributed by atoms with Crippen molar-refractivity contribution in [3.63, 3.8) is 0 Å². The number of methoxy groups -OCH3 is 2. The maximum absolute atomic E-state index is 10.9. The molecule has 0 aliphatic heterocycles. The molecule has 23 heavy (non-hydrogen) atoms. The molecule has 2 aromatic carbocycles. The average Bonchev–Trinajstić information content (AvgIpc) is 2.59. The van der Waals surface area contributed by atoms with E-state index in [4.69, 9.17) is 14.6 Å². The highest BCUT2D eigenvalue weighted by molar-refractivity contribution is 5.87. The topological polar surface area (TPSA) is 79.5 Å². The first-order valence-electron chi connectivity index (χ1n) is 7.02. The summed E-state index contributed by atoms with van der Waals surface area (Å²) in [6.07, 6.45) is 0.503. The SMILES string of the molecule is COc1ccc(CC(C#N)c2ccc(C(=O)O)cc2)cc1OC. The van der Waals surface area contributed by atoms with Crippen molar-refractivity contribution in [2.45, 2.75) is 12.3 Å². The fraction of sp³-hybridized carbons (Fsp3) is 0.222. The molecule has 0 heterocycles. The Bertz CT molecular complexity index is 732. The number of ether oxygens (including phenoxy) is 2. The van der Waals surface area contributed by atoms with E-state index in [9.17, 15) is 10.1 Å². The molecule has 0 saturated heterocycles. The minimum atomic E-state index is -0.982. The molecule has 5 nitrogen and oxygen atoms in total. The lowest BCUT2D eigenvalue weighted by atomic mass is 9.92. The summed E-state index contributed by atoms with van der Waals surface area (Å²) in [7, 11) is 3.13. The monoisotopic (exact) mass is 311 g/mol. The van der Waals surface area contributed by atoms with E-state index in [0.29, 0.717) is 17.9 Å². The van der Waals surface area contributed by atoms with Gasteiger partial charge < -0.3 is 14.6 Å². The standard InChI is InChI=1S/C18H17NO4/c1-22-16-8-3-12(10-17(16)23-2)9-15(11-19)13-4-6-14(7-5-13)18(20)21/h3-8,10,15H,9H2,1-2H3,(H,20,21). The van der Waals surface area contributed by atoms with Gasteiger partial charge >= 0.3 is 5.97 Å². The molecule has 1 atom stereocenters. The van der Waals surface area contributed by atoms with Crippen LogP contribution in [0.25, 0.3) is 0 Å². The van der Waals surface area contributed by atoms with E-state index in [-0.39, 0.29) is 11.5 Å². The van der Waals surface area contributed by atoms with Crippen molar-refractivity contribution in [1.29, 1.82) is 5.26 Å². The molecule has 0 fully saturated rings. The van der Waals surface area contributed by atoms with Gasteiger partial charge in [-0.25, -0.2) is 4.79 Å². The predicted octanol–water partition coefficient (Wildman–Crippen LogP) is 3.25. The summed E-state index contributed by atoms with van der Waals surface area (Å²) < 4.78 is 10.5. The summed E-state index contributed by atoms with van der Waals surface area (Å²) in [4.78, 5) is 10.9. The number of aromatic carboxylic acids is 1. The van der Waals surface area contributed by atoms with Crippen LogP contribution in [0.3, 0.4) is 0 Å². The van der Waals surface area contributed by atoms with E-state index in [1.165, 1.54) is 12.1 Å². The third kappa shape index (κ3) is 3.80. The summed E-state index contributed by atoms with van der Waals surface area (Å²) in [6, 6.07) is 14.2. The number of hydrogen-bond donors (Lipinski definition) is 1. The van der Waals surface area contributed by atoms with E-state index in [1.807, 2.05) is 12.1 Å². The zero-order valence-electron chi connectivity index (χ0n) is 12.9. The fourth-order valence-corrected chi connectivity index (χ4v) is 2.34. The van der Waals surface area contributed by atoms with Gasteiger partial charge in [-0.05, 0) is 41.8 Å². The predicted molar refractivity (Wildman–Crippen MR) is 85.0 cm³/mol. The number of carboxylic acid groups (broad SMARTS) is 1. The third-order valence-electron chi connectivity index (χ3n) is 3.60.